The summed E-state index contributed by atoms with van der Waals surface area (Å²) in [5.74, 6) is -1.35. The van der Waals surface area contributed by atoms with Crippen molar-refractivity contribution < 1.29 is 40.7 Å². The molecule has 1 N–H and O–H groups in total. The van der Waals surface area contributed by atoms with Crippen LogP contribution in [0.4, 0.5) is 29.3 Å². The highest BCUT2D eigenvalue weighted by Crippen LogP contribution is 2.55. The van der Waals surface area contributed by atoms with Gasteiger partial charge in [0.1, 0.15) is 11.2 Å². The minimum absolute atomic E-state index is 0.0119. The summed E-state index contributed by atoms with van der Waals surface area (Å²) < 4.78 is 67.3. The Morgan fingerprint density at radius 3 is 2.32 bits per heavy atom. The maximum absolute atomic E-state index is 13.5. The largest absolute Gasteiger partial charge is 0.501 e. The molecule has 2 saturated heterocycles. The normalized spacial score (nSPS) is 24.3. The molecule has 2 aliphatic heterocycles. The smallest absolute Gasteiger partial charge is 0.379 e. The number of hydrogen-bond donors (Lipinski definition) is 1. The van der Waals surface area contributed by atoms with E-state index in [-0.39, 0.29) is 23.0 Å². The lowest BCUT2D eigenvalue weighted by atomic mass is 10.1. The van der Waals surface area contributed by atoms with Crippen LogP contribution in [0.3, 0.4) is 0 Å². The lowest BCUT2D eigenvalue weighted by Gasteiger charge is -2.27. The van der Waals surface area contributed by atoms with E-state index in [0.29, 0.717) is 44.9 Å². The Bertz CT molecular complexity index is 1410. The van der Waals surface area contributed by atoms with Gasteiger partial charge in [-0.1, -0.05) is 6.92 Å². The number of nitrogens with one attached hydrogen (secondary N) is 1. The molecular formula is C23H22F3N5O6S. The van der Waals surface area contributed by atoms with Crippen molar-refractivity contribution in [2.45, 2.75) is 29.3 Å². The average molecular weight is 554 g/mol. The van der Waals surface area contributed by atoms with E-state index in [1.165, 1.54) is 23.2 Å². The third-order valence-electron chi connectivity index (χ3n) is 6.84. The zero-order valence-corrected chi connectivity index (χ0v) is 20.8. The van der Waals surface area contributed by atoms with Crippen LogP contribution >= 0.6 is 0 Å². The van der Waals surface area contributed by atoms with Crippen LogP contribution in [0.15, 0.2) is 47.5 Å². The van der Waals surface area contributed by atoms with Crippen molar-refractivity contribution in [3.8, 4) is 0 Å². The molecule has 3 fully saturated rings. The maximum Gasteiger partial charge on any atom is 0.501 e. The molecule has 1 aliphatic carbocycles. The fraction of sp³-hybridized carbons (Fsp3) is 0.391. The van der Waals surface area contributed by atoms with Crippen LogP contribution in [0, 0.1) is 5.92 Å². The number of hydrazine groups is 1. The van der Waals surface area contributed by atoms with Gasteiger partial charge in [0.25, 0.3) is 21.7 Å². The lowest BCUT2D eigenvalue weighted by molar-refractivity contribution is -0.119. The van der Waals surface area contributed by atoms with Crippen LogP contribution in [0.2, 0.25) is 0 Å². The summed E-state index contributed by atoms with van der Waals surface area (Å²) in [4.78, 5) is 44.9. The number of anilines is 2. The van der Waals surface area contributed by atoms with Crippen molar-refractivity contribution in [3.63, 3.8) is 0 Å². The summed E-state index contributed by atoms with van der Waals surface area (Å²) in [6, 6.07) is 5.44. The van der Waals surface area contributed by atoms with Crippen LogP contribution < -0.4 is 15.2 Å². The summed E-state index contributed by atoms with van der Waals surface area (Å²) in [7, 11) is -5.59. The SMILES string of the molecule is CC1CC12C(=O)N(c1ccc(S(=O)(=O)C(F)(F)F)cc1)C(=O)N2c1ccnc(C(=O)NN2CCOCC2)c1. The summed E-state index contributed by atoms with van der Waals surface area (Å²) in [6.45, 7) is 3.66. The predicted molar refractivity (Wildman–Crippen MR) is 126 cm³/mol. The van der Waals surface area contributed by atoms with E-state index in [9.17, 15) is 36.0 Å². The second-order valence-corrected chi connectivity index (χ2v) is 11.1. The van der Waals surface area contributed by atoms with Gasteiger partial charge in [-0.15, -0.1) is 0 Å². The van der Waals surface area contributed by atoms with Gasteiger partial charge < -0.3 is 4.74 Å². The summed E-state index contributed by atoms with van der Waals surface area (Å²) in [6.07, 6.45) is 1.66. The Morgan fingerprint density at radius 2 is 1.74 bits per heavy atom. The first kappa shape index (κ1) is 26.1. The van der Waals surface area contributed by atoms with E-state index >= 15 is 0 Å². The number of urea groups is 1. The third-order valence-corrected chi connectivity index (χ3v) is 8.34. The number of alkyl halides is 3. The fourth-order valence-corrected chi connectivity index (χ4v) is 5.46. The molecule has 3 heterocycles. The number of aromatic nitrogens is 1. The summed E-state index contributed by atoms with van der Waals surface area (Å²) >= 11 is 0. The number of halogens is 3. The molecule has 202 valence electrons. The van der Waals surface area contributed by atoms with Gasteiger partial charge in [0.15, 0.2) is 0 Å². The van der Waals surface area contributed by atoms with Crippen molar-refractivity contribution in [1.82, 2.24) is 15.4 Å². The summed E-state index contributed by atoms with van der Waals surface area (Å²) in [5.41, 5.74) is -3.84. The Hall–Kier alpha value is -3.56. The standard InChI is InChI=1S/C23H22F3N5O6S/c1-14-13-22(14)20(33)30(15-2-4-17(5-3-15)38(35,36)23(24,25)26)21(34)31(22)16-6-7-27-18(12-16)19(32)28-29-8-10-37-11-9-29/h2-7,12,14H,8-11,13H2,1H3,(H,28,32). The first-order chi connectivity index (χ1) is 17.9. The number of amides is 4. The topological polar surface area (TPSA) is 129 Å². The minimum Gasteiger partial charge on any atom is -0.379 e. The number of nitrogens with zero attached hydrogens (tertiary/aromatic N) is 4. The number of pyridine rings is 1. The highest BCUT2D eigenvalue weighted by atomic mass is 32.2. The van der Waals surface area contributed by atoms with Gasteiger partial charge >= 0.3 is 11.5 Å². The lowest BCUT2D eigenvalue weighted by Crippen LogP contribution is -2.48. The van der Waals surface area contributed by atoms with Crippen LogP contribution in [0.25, 0.3) is 0 Å². The predicted octanol–water partition coefficient (Wildman–Crippen LogP) is 2.10. The molecule has 1 aromatic carbocycles. The molecule has 1 aromatic heterocycles. The van der Waals surface area contributed by atoms with Gasteiger partial charge in [0, 0.05) is 19.3 Å². The molecule has 0 bridgehead atoms. The van der Waals surface area contributed by atoms with Crippen LogP contribution in [0.1, 0.15) is 23.8 Å². The highest BCUT2D eigenvalue weighted by molar-refractivity contribution is 7.92. The van der Waals surface area contributed by atoms with E-state index < -0.39 is 43.6 Å². The molecule has 3 aliphatic rings. The van der Waals surface area contributed by atoms with E-state index in [0.717, 1.165) is 17.0 Å². The number of hydrogen-bond acceptors (Lipinski definition) is 8. The second kappa shape index (κ2) is 9.03. The molecular weight excluding hydrogens is 531 g/mol. The van der Waals surface area contributed by atoms with Crippen molar-refractivity contribution >= 4 is 39.1 Å². The molecule has 11 nitrogen and oxygen atoms in total. The van der Waals surface area contributed by atoms with E-state index in [1.807, 2.05) is 0 Å². The summed E-state index contributed by atoms with van der Waals surface area (Å²) in [5, 5.41) is 1.68. The fourth-order valence-electron chi connectivity index (χ4n) is 4.70. The highest BCUT2D eigenvalue weighted by Gasteiger charge is 2.70. The number of morpholine rings is 1. The van der Waals surface area contributed by atoms with Crippen LogP contribution in [-0.2, 0) is 19.4 Å². The maximum atomic E-state index is 13.5. The van der Waals surface area contributed by atoms with Crippen LogP contribution in [0.5, 0.6) is 0 Å². The first-order valence-corrected chi connectivity index (χ1v) is 13.1. The van der Waals surface area contributed by atoms with E-state index in [1.54, 1.807) is 11.9 Å². The molecule has 2 aromatic rings. The Labute approximate surface area is 215 Å². The number of ether oxygens (including phenoxy) is 1. The number of sulfone groups is 1. The second-order valence-electron chi connectivity index (χ2n) is 9.17. The van der Waals surface area contributed by atoms with Crippen molar-refractivity contribution in [2.75, 3.05) is 36.1 Å². The number of carbonyl (C=O) groups excluding carboxylic acids is 3. The zero-order valence-electron chi connectivity index (χ0n) is 19.9. The molecule has 15 heteroatoms. The third kappa shape index (κ3) is 4.10. The molecule has 2 unspecified atom stereocenters. The van der Waals surface area contributed by atoms with Crippen LogP contribution in [-0.4, -0.2) is 73.6 Å². The molecule has 4 amide bonds. The van der Waals surface area contributed by atoms with Gasteiger partial charge in [-0.05, 0) is 48.7 Å². The van der Waals surface area contributed by atoms with Crippen molar-refractivity contribution in [1.29, 1.82) is 0 Å². The van der Waals surface area contributed by atoms with E-state index in [4.69, 9.17) is 4.74 Å². The first-order valence-electron chi connectivity index (χ1n) is 11.6. The van der Waals surface area contributed by atoms with Gasteiger partial charge in [-0.2, -0.15) is 13.2 Å². The average Bonchev–Trinajstić information content (AvgIpc) is 3.49. The van der Waals surface area contributed by atoms with Gasteiger partial charge in [-0.25, -0.2) is 23.1 Å². The monoisotopic (exact) mass is 553 g/mol. The Morgan fingerprint density at radius 1 is 1.11 bits per heavy atom. The Balaban J connectivity index is 1.44. The molecule has 1 spiro atoms. The number of rotatable bonds is 5. The zero-order chi connectivity index (χ0) is 27.5. The minimum atomic E-state index is -5.59. The number of imide groups is 1. The van der Waals surface area contributed by atoms with Gasteiger partial charge in [-0.3, -0.25) is 24.9 Å². The number of carbonyl (C=O) groups is 3. The molecule has 1 saturated carbocycles. The van der Waals surface area contributed by atoms with Gasteiger partial charge in [0.05, 0.1) is 29.5 Å². The van der Waals surface area contributed by atoms with Gasteiger partial charge in [0.2, 0.25) is 0 Å². The molecule has 5 rings (SSSR count). The van der Waals surface area contributed by atoms with Crippen molar-refractivity contribution in [2.24, 2.45) is 5.92 Å². The van der Waals surface area contributed by atoms with Crippen molar-refractivity contribution in [3.05, 3.63) is 48.3 Å². The molecule has 2 atom stereocenters. The quantitative estimate of drug-likeness (QED) is 0.558. The molecule has 0 radical (unpaired) electrons. The van der Waals surface area contributed by atoms with E-state index in [2.05, 4.69) is 10.4 Å². The molecule has 38 heavy (non-hydrogen) atoms. The Kier molecular flexibility index (Phi) is 6.19. The number of benzene rings is 1.